The minimum Gasteiger partial charge on any atom is -0.385 e. The number of nitrogens with zero attached hydrogens (tertiary/aromatic N) is 2. The van der Waals surface area contributed by atoms with Crippen LogP contribution in [-0.4, -0.2) is 106 Å². The molecule has 1 aromatic carbocycles. The molecule has 2 aliphatic heterocycles. The molecule has 0 saturated carbocycles. The number of hydrogen-bond donors (Lipinski definition) is 5. The van der Waals surface area contributed by atoms with Gasteiger partial charge in [-0.2, -0.15) is 0 Å². The maximum Gasteiger partial charge on any atom is 0.317 e. The van der Waals surface area contributed by atoms with E-state index in [1.807, 2.05) is 19.0 Å². The molecule has 0 spiro atoms. The highest BCUT2D eigenvalue weighted by Crippen LogP contribution is 2.43. The highest BCUT2D eigenvalue weighted by Gasteiger charge is 2.43. The van der Waals surface area contributed by atoms with Crippen molar-refractivity contribution in [2.75, 3.05) is 67.1 Å². The Morgan fingerprint density at radius 2 is 1.57 bits per heavy atom. The number of carbonyl (C=O) groups excluding carboxylic acids is 2. The average Bonchev–Trinajstić information content (AvgIpc) is 3.08. The predicted molar refractivity (Wildman–Crippen MR) is 207 cm³/mol. The summed E-state index contributed by atoms with van der Waals surface area (Å²) in [5.41, 5.74) is -0.850. The molecule has 2 aliphatic rings. The molecule has 0 aliphatic carbocycles. The Balaban J connectivity index is 0.000000444. The largest absolute Gasteiger partial charge is 0.385 e. The fraction of sp³-hybridized carbons (Fsp3) is 0.795. The van der Waals surface area contributed by atoms with E-state index in [1.54, 1.807) is 24.1 Å². The first kappa shape index (κ1) is 45.0. The van der Waals surface area contributed by atoms with Crippen LogP contribution in [0.15, 0.2) is 18.2 Å². The number of amides is 4. The van der Waals surface area contributed by atoms with Crippen LogP contribution in [0.5, 0.6) is 0 Å². The number of ether oxygens (including phenoxy) is 1. The SMILES string of the molecule is CNC[C@H](CC(C)(C)C)NC(=O)N1CCC[C@@H]([C@@](O)(CCCCOC)c2cccc(F)c2Cl)C1.CNC[C@H](CC(C)C)NC(=O)N1CCCCC1. The number of aliphatic hydroxyl groups is 1. The normalized spacial score (nSPS) is 19.1. The van der Waals surface area contributed by atoms with E-state index in [-0.39, 0.29) is 40.5 Å². The fourth-order valence-corrected chi connectivity index (χ4v) is 7.68. The van der Waals surface area contributed by atoms with Crippen LogP contribution >= 0.6 is 11.6 Å². The van der Waals surface area contributed by atoms with Crippen LogP contribution in [0.3, 0.4) is 0 Å². The first-order valence-electron chi connectivity index (χ1n) is 19.2. The number of halogens is 2. The summed E-state index contributed by atoms with van der Waals surface area (Å²) in [5, 5.41) is 24.6. The molecule has 0 radical (unpaired) electrons. The monoisotopic (exact) mass is 741 g/mol. The number of rotatable bonds is 16. The van der Waals surface area contributed by atoms with Gasteiger partial charge in [0.1, 0.15) is 5.82 Å². The zero-order valence-electron chi connectivity index (χ0n) is 32.9. The third-order valence-corrected chi connectivity index (χ3v) is 10.2. The van der Waals surface area contributed by atoms with Gasteiger partial charge in [0, 0.05) is 76.6 Å². The number of piperidine rings is 2. The van der Waals surface area contributed by atoms with Crippen LogP contribution in [0, 0.1) is 23.1 Å². The minimum atomic E-state index is -1.33. The molecule has 10 nitrogen and oxygen atoms in total. The molecule has 294 valence electrons. The van der Waals surface area contributed by atoms with E-state index in [4.69, 9.17) is 16.3 Å². The van der Waals surface area contributed by atoms with Gasteiger partial charge in [0.25, 0.3) is 0 Å². The summed E-state index contributed by atoms with van der Waals surface area (Å²) in [6, 6.07) is 4.82. The van der Waals surface area contributed by atoms with Crippen molar-refractivity contribution in [3.63, 3.8) is 0 Å². The van der Waals surface area contributed by atoms with Crippen LogP contribution in [0.2, 0.25) is 5.02 Å². The lowest BCUT2D eigenvalue weighted by Gasteiger charge is -2.43. The molecule has 0 unspecified atom stereocenters. The van der Waals surface area contributed by atoms with Gasteiger partial charge in [-0.05, 0) is 95.7 Å². The van der Waals surface area contributed by atoms with Gasteiger partial charge in [0.2, 0.25) is 0 Å². The summed E-state index contributed by atoms with van der Waals surface area (Å²) in [4.78, 5) is 29.0. The quantitative estimate of drug-likeness (QED) is 0.120. The van der Waals surface area contributed by atoms with Crippen LogP contribution in [0.25, 0.3) is 0 Å². The van der Waals surface area contributed by atoms with Crippen LogP contribution in [0.4, 0.5) is 14.0 Å². The number of carbonyl (C=O) groups is 2. The Labute approximate surface area is 313 Å². The van der Waals surface area contributed by atoms with E-state index in [2.05, 4.69) is 55.9 Å². The minimum absolute atomic E-state index is 0.00321. The number of methoxy groups -OCH3 is 1. The molecule has 0 aromatic heterocycles. The number of benzene rings is 1. The third kappa shape index (κ3) is 15.8. The van der Waals surface area contributed by atoms with Gasteiger partial charge in [0.05, 0.1) is 10.6 Å². The van der Waals surface area contributed by atoms with E-state index in [1.165, 1.54) is 12.5 Å². The molecule has 12 heteroatoms. The molecule has 2 saturated heterocycles. The Morgan fingerprint density at radius 1 is 0.961 bits per heavy atom. The Bertz CT molecular complexity index is 1160. The summed E-state index contributed by atoms with van der Waals surface area (Å²) < 4.78 is 19.5. The molecule has 4 atom stereocenters. The molecule has 5 N–H and O–H groups in total. The maximum atomic E-state index is 14.3. The van der Waals surface area contributed by atoms with Gasteiger partial charge in [-0.1, -0.05) is 58.4 Å². The number of likely N-dealkylation sites (tertiary alicyclic amines) is 2. The number of unbranched alkanes of at least 4 members (excludes halogenated alkanes) is 1. The van der Waals surface area contributed by atoms with E-state index >= 15 is 0 Å². The smallest absolute Gasteiger partial charge is 0.317 e. The van der Waals surface area contributed by atoms with Crippen LogP contribution in [0.1, 0.15) is 104 Å². The van der Waals surface area contributed by atoms with E-state index in [0.29, 0.717) is 50.6 Å². The number of likely N-dealkylation sites (N-methyl/N-ethyl adjacent to an activating group) is 2. The summed E-state index contributed by atoms with van der Waals surface area (Å²) in [5.74, 6) is -0.189. The lowest BCUT2D eigenvalue weighted by atomic mass is 9.74. The molecule has 4 amide bonds. The zero-order valence-corrected chi connectivity index (χ0v) is 33.6. The van der Waals surface area contributed by atoms with Gasteiger partial charge in [-0.25, -0.2) is 14.0 Å². The summed E-state index contributed by atoms with van der Waals surface area (Å²) in [6.45, 7) is 15.8. The third-order valence-electron chi connectivity index (χ3n) is 9.77. The van der Waals surface area contributed by atoms with Crippen LogP contribution < -0.4 is 21.3 Å². The van der Waals surface area contributed by atoms with E-state index in [0.717, 1.165) is 64.6 Å². The summed E-state index contributed by atoms with van der Waals surface area (Å²) >= 11 is 6.34. The Kier molecular flexibility index (Phi) is 20.1. The molecule has 2 heterocycles. The highest BCUT2D eigenvalue weighted by atomic mass is 35.5. The fourth-order valence-electron chi connectivity index (χ4n) is 7.39. The van der Waals surface area contributed by atoms with Gasteiger partial charge >= 0.3 is 12.1 Å². The molecular formula is C39H70ClFN6O4. The van der Waals surface area contributed by atoms with Gasteiger partial charge in [-0.3, -0.25) is 0 Å². The van der Waals surface area contributed by atoms with E-state index < -0.39 is 11.4 Å². The Hall–Kier alpha value is -2.18. The first-order valence-corrected chi connectivity index (χ1v) is 19.6. The molecule has 51 heavy (non-hydrogen) atoms. The van der Waals surface area contributed by atoms with Crippen molar-refractivity contribution in [1.29, 1.82) is 0 Å². The number of nitrogens with one attached hydrogen (secondary N) is 4. The summed E-state index contributed by atoms with van der Waals surface area (Å²) in [7, 11) is 5.46. The lowest BCUT2D eigenvalue weighted by molar-refractivity contribution is -0.0565. The highest BCUT2D eigenvalue weighted by molar-refractivity contribution is 6.31. The van der Waals surface area contributed by atoms with Gasteiger partial charge < -0.3 is 40.9 Å². The zero-order chi connectivity index (χ0) is 38.0. The van der Waals surface area contributed by atoms with Crippen molar-refractivity contribution in [3.05, 3.63) is 34.6 Å². The predicted octanol–water partition coefficient (Wildman–Crippen LogP) is 6.75. The van der Waals surface area contributed by atoms with E-state index in [9.17, 15) is 19.1 Å². The van der Waals surface area contributed by atoms with Crippen molar-refractivity contribution >= 4 is 23.7 Å². The van der Waals surface area contributed by atoms with Crippen molar-refractivity contribution in [3.8, 4) is 0 Å². The van der Waals surface area contributed by atoms with Gasteiger partial charge in [-0.15, -0.1) is 0 Å². The topological polar surface area (TPSA) is 118 Å². The molecular weight excluding hydrogens is 671 g/mol. The van der Waals surface area contributed by atoms with Crippen molar-refractivity contribution in [2.24, 2.45) is 17.3 Å². The average molecular weight is 741 g/mol. The summed E-state index contributed by atoms with van der Waals surface area (Å²) in [6.07, 6.45) is 8.83. The standard InChI is InChI=1S/C26H43ClFN3O3.C13H27N3O/c1-25(2,3)16-20(17-29-4)30-24(32)31-14-9-10-19(18-31)26(33,13-6-7-15-34-5)21-11-8-12-22(28)23(21)27;1-11(2)9-12(10-14-3)15-13(17)16-7-5-4-6-8-16/h8,11-12,19-20,29,33H,6-7,9-10,13-18H2,1-5H3,(H,30,32);11-12,14H,4-10H2,1-3H3,(H,15,17)/t19-,20+,26+;12-/m10/s1. The molecule has 1 aromatic rings. The second-order valence-electron chi connectivity index (χ2n) is 16.1. The second-order valence-corrected chi connectivity index (χ2v) is 16.5. The van der Waals surface area contributed by atoms with Gasteiger partial charge in [0.15, 0.2) is 0 Å². The molecule has 3 rings (SSSR count). The second kappa shape index (κ2) is 22.8. The number of hydrogen-bond acceptors (Lipinski definition) is 6. The van der Waals surface area contributed by atoms with Crippen molar-refractivity contribution in [2.45, 2.75) is 117 Å². The molecule has 2 fully saturated rings. The lowest BCUT2D eigenvalue weighted by Crippen LogP contribution is -2.54. The number of urea groups is 2. The maximum absolute atomic E-state index is 14.3. The Morgan fingerprint density at radius 3 is 2.18 bits per heavy atom. The van der Waals surface area contributed by atoms with Crippen molar-refractivity contribution < 1.29 is 23.8 Å². The molecule has 0 bridgehead atoms. The first-order chi connectivity index (χ1) is 24.1. The van der Waals surface area contributed by atoms with Crippen molar-refractivity contribution in [1.82, 2.24) is 31.1 Å². The van der Waals surface area contributed by atoms with Crippen LogP contribution in [-0.2, 0) is 10.3 Å².